The predicted molar refractivity (Wildman–Crippen MR) is 100 cm³/mol. The van der Waals surface area contributed by atoms with Crippen LogP contribution in [0.4, 0.5) is 0 Å². The summed E-state index contributed by atoms with van der Waals surface area (Å²) in [4.78, 5) is 13.3. The molecule has 2 aliphatic heterocycles. The van der Waals surface area contributed by atoms with Gasteiger partial charge in [-0.1, -0.05) is 48.5 Å². The van der Waals surface area contributed by atoms with E-state index in [2.05, 4.69) is 0 Å². The number of benzene rings is 2. The van der Waals surface area contributed by atoms with E-state index in [-0.39, 0.29) is 19.3 Å². The molecule has 136 valence electrons. The van der Waals surface area contributed by atoms with Gasteiger partial charge in [0, 0.05) is 23.1 Å². The van der Waals surface area contributed by atoms with Crippen molar-refractivity contribution in [2.75, 3.05) is 13.4 Å². The van der Waals surface area contributed by atoms with Gasteiger partial charge in [0.05, 0.1) is 6.61 Å². The third kappa shape index (κ3) is 2.64. The van der Waals surface area contributed by atoms with E-state index in [1.165, 1.54) is 0 Å². The second-order valence-corrected chi connectivity index (χ2v) is 7.20. The molecule has 6 heteroatoms. The Morgan fingerprint density at radius 1 is 1.07 bits per heavy atom. The van der Waals surface area contributed by atoms with Crippen LogP contribution in [0.15, 0.2) is 54.1 Å². The van der Waals surface area contributed by atoms with E-state index in [1.54, 1.807) is 0 Å². The van der Waals surface area contributed by atoms with Crippen LogP contribution in [0.2, 0.25) is 0 Å². The lowest BCUT2D eigenvalue weighted by Crippen LogP contribution is -2.46. The van der Waals surface area contributed by atoms with Gasteiger partial charge in [-0.2, -0.15) is 0 Å². The topological polar surface area (TPSA) is 65.0 Å². The molecule has 1 aliphatic carbocycles. The first-order chi connectivity index (χ1) is 13.2. The highest BCUT2D eigenvalue weighted by atomic mass is 16.8. The highest BCUT2D eigenvalue weighted by molar-refractivity contribution is 6.62. The normalized spacial score (nSPS) is 24.0. The molecule has 5 rings (SSSR count). The van der Waals surface area contributed by atoms with Gasteiger partial charge in [0.1, 0.15) is 12.6 Å². The van der Waals surface area contributed by atoms with Crippen LogP contribution in [-0.4, -0.2) is 31.4 Å². The van der Waals surface area contributed by atoms with Crippen molar-refractivity contribution in [3.05, 3.63) is 70.8 Å². The standard InChI is InChI=1S/C21H19BO5/c23-20-17-5-3-11-25-19(17)16-4-1-2-6-18(16)21(20,24)12-14-7-9-15(10-8-14)22-26-13-27-22/h1-2,4,6-10,24H,3,5,11-13H2. The molecule has 27 heavy (non-hydrogen) atoms. The molecule has 1 N–H and O–H groups in total. The Labute approximate surface area is 157 Å². The summed E-state index contributed by atoms with van der Waals surface area (Å²) in [5, 5.41) is 11.5. The van der Waals surface area contributed by atoms with Crippen molar-refractivity contribution in [1.29, 1.82) is 0 Å². The zero-order chi connectivity index (χ0) is 18.4. The summed E-state index contributed by atoms with van der Waals surface area (Å²) in [6, 6.07) is 15.1. The van der Waals surface area contributed by atoms with Crippen LogP contribution >= 0.6 is 0 Å². The summed E-state index contributed by atoms with van der Waals surface area (Å²) in [5.41, 5.74) is 2.27. The molecule has 2 aromatic carbocycles. The quantitative estimate of drug-likeness (QED) is 0.846. The molecule has 3 aliphatic rings. The molecule has 1 fully saturated rings. The summed E-state index contributed by atoms with van der Waals surface area (Å²) >= 11 is 0. The predicted octanol–water partition coefficient (Wildman–Crippen LogP) is 1.92. The van der Waals surface area contributed by atoms with Crippen LogP contribution in [0.25, 0.3) is 5.76 Å². The van der Waals surface area contributed by atoms with E-state index in [1.807, 2.05) is 48.5 Å². The number of Topliss-reactive ketones (excluding diaryl/α,β-unsaturated/α-hetero) is 1. The summed E-state index contributed by atoms with van der Waals surface area (Å²) in [6.45, 7) is 0.919. The Morgan fingerprint density at radius 3 is 2.59 bits per heavy atom. The lowest BCUT2D eigenvalue weighted by molar-refractivity contribution is -0.135. The van der Waals surface area contributed by atoms with Gasteiger partial charge >= 0.3 is 7.12 Å². The van der Waals surface area contributed by atoms with Crippen molar-refractivity contribution in [2.45, 2.75) is 24.9 Å². The Bertz CT molecular complexity index is 932. The molecule has 5 nitrogen and oxygen atoms in total. The third-order valence-corrected chi connectivity index (χ3v) is 5.51. The maximum Gasteiger partial charge on any atom is 0.497 e. The number of ketones is 1. The van der Waals surface area contributed by atoms with Crippen molar-refractivity contribution >= 4 is 24.1 Å². The monoisotopic (exact) mass is 362 g/mol. The van der Waals surface area contributed by atoms with E-state index in [4.69, 9.17) is 14.0 Å². The molecular weight excluding hydrogens is 343 g/mol. The molecule has 0 amide bonds. The molecule has 0 spiro atoms. The van der Waals surface area contributed by atoms with Crippen LogP contribution in [0.1, 0.15) is 29.5 Å². The smallest absolute Gasteiger partial charge is 0.493 e. The van der Waals surface area contributed by atoms with Crippen molar-refractivity contribution in [3.63, 3.8) is 0 Å². The molecule has 0 saturated carbocycles. The van der Waals surface area contributed by atoms with Gasteiger partial charge < -0.3 is 19.2 Å². The second kappa shape index (κ2) is 6.34. The lowest BCUT2D eigenvalue weighted by Gasteiger charge is -2.37. The number of carbonyl (C=O) groups excluding carboxylic acids is 1. The fourth-order valence-corrected chi connectivity index (χ4v) is 4.09. The summed E-state index contributed by atoms with van der Waals surface area (Å²) < 4.78 is 16.4. The van der Waals surface area contributed by atoms with Crippen molar-refractivity contribution in [1.82, 2.24) is 0 Å². The summed E-state index contributed by atoms with van der Waals surface area (Å²) in [5.74, 6) is 0.395. The average Bonchev–Trinajstić information content (AvgIpc) is 2.67. The van der Waals surface area contributed by atoms with Crippen LogP contribution < -0.4 is 5.46 Å². The Hall–Kier alpha value is -2.41. The van der Waals surface area contributed by atoms with Crippen LogP contribution in [0.3, 0.4) is 0 Å². The number of hydrogen-bond acceptors (Lipinski definition) is 5. The molecule has 2 heterocycles. The van der Waals surface area contributed by atoms with Gasteiger partial charge in [0.2, 0.25) is 0 Å². The summed E-state index contributed by atoms with van der Waals surface area (Å²) in [6.07, 6.45) is 1.64. The number of rotatable bonds is 3. The van der Waals surface area contributed by atoms with Crippen molar-refractivity contribution in [2.24, 2.45) is 0 Å². The number of carbonyl (C=O) groups is 1. The van der Waals surface area contributed by atoms with E-state index in [0.29, 0.717) is 36.7 Å². The maximum absolute atomic E-state index is 13.3. The fourth-order valence-electron chi connectivity index (χ4n) is 4.09. The van der Waals surface area contributed by atoms with Gasteiger partial charge in [-0.15, -0.1) is 0 Å². The molecule has 0 radical (unpaired) electrons. The molecule has 0 aromatic heterocycles. The Balaban J connectivity index is 1.52. The lowest BCUT2D eigenvalue weighted by atomic mass is 9.72. The van der Waals surface area contributed by atoms with Gasteiger partial charge in [-0.25, -0.2) is 0 Å². The number of hydrogen-bond donors (Lipinski definition) is 1. The number of ether oxygens (including phenoxy) is 1. The van der Waals surface area contributed by atoms with Gasteiger partial charge in [0.25, 0.3) is 0 Å². The Morgan fingerprint density at radius 2 is 1.85 bits per heavy atom. The van der Waals surface area contributed by atoms with Crippen LogP contribution in [0.5, 0.6) is 0 Å². The molecule has 1 unspecified atom stereocenters. The number of fused-ring (bicyclic) bond motifs is 2. The highest BCUT2D eigenvalue weighted by Gasteiger charge is 2.47. The first-order valence-electron chi connectivity index (χ1n) is 9.22. The molecular formula is C21H19BO5. The third-order valence-electron chi connectivity index (χ3n) is 5.51. The second-order valence-electron chi connectivity index (χ2n) is 7.20. The fraction of sp³-hybridized carbons (Fsp3) is 0.286. The van der Waals surface area contributed by atoms with Crippen molar-refractivity contribution < 1.29 is 23.9 Å². The zero-order valence-corrected chi connectivity index (χ0v) is 14.8. The van der Waals surface area contributed by atoms with E-state index in [9.17, 15) is 9.90 Å². The molecule has 0 bridgehead atoms. The first kappa shape index (κ1) is 16.7. The van der Waals surface area contributed by atoms with Crippen LogP contribution in [0, 0.1) is 0 Å². The van der Waals surface area contributed by atoms with Gasteiger partial charge in [-0.3, -0.25) is 4.79 Å². The van der Waals surface area contributed by atoms with Crippen molar-refractivity contribution in [3.8, 4) is 0 Å². The SMILES string of the molecule is O=C1C2=C(OCCC2)c2ccccc2C1(O)Cc1ccc(B2OCO2)cc1. The minimum absolute atomic E-state index is 0.215. The maximum atomic E-state index is 13.3. The summed E-state index contributed by atoms with van der Waals surface area (Å²) in [7, 11) is -0.314. The zero-order valence-electron chi connectivity index (χ0n) is 14.8. The highest BCUT2D eigenvalue weighted by Crippen LogP contribution is 2.44. The van der Waals surface area contributed by atoms with Gasteiger partial charge in [0.15, 0.2) is 11.4 Å². The van der Waals surface area contributed by atoms with Gasteiger partial charge in [-0.05, 0) is 23.9 Å². The number of aliphatic hydroxyl groups is 1. The largest absolute Gasteiger partial charge is 0.497 e. The van der Waals surface area contributed by atoms with E-state index in [0.717, 1.165) is 23.0 Å². The van der Waals surface area contributed by atoms with Crippen LogP contribution in [-0.2, 0) is 30.9 Å². The Kier molecular flexibility index (Phi) is 3.93. The average molecular weight is 362 g/mol. The minimum atomic E-state index is -1.58. The first-order valence-corrected chi connectivity index (χ1v) is 9.22. The van der Waals surface area contributed by atoms with E-state index >= 15 is 0 Å². The molecule has 2 aromatic rings. The molecule has 1 saturated heterocycles. The molecule has 1 atom stereocenters. The van der Waals surface area contributed by atoms with E-state index < -0.39 is 5.60 Å². The minimum Gasteiger partial charge on any atom is -0.493 e.